The summed E-state index contributed by atoms with van der Waals surface area (Å²) in [6.45, 7) is 0. The Bertz CT molecular complexity index is 147. The van der Waals surface area contributed by atoms with Crippen LogP contribution in [-0.2, 0) is 7.67 Å². The Hall–Kier alpha value is 0.639. The van der Waals surface area contributed by atoms with E-state index < -0.39 is 12.7 Å². The second kappa shape index (κ2) is 2.49. The zero-order valence-corrected chi connectivity index (χ0v) is 7.89. The molecule has 0 aliphatic carbocycles. The van der Waals surface area contributed by atoms with Crippen LogP contribution in [0.1, 0.15) is 0 Å². The molecular formula is C4H8O2Se2. The average molecular weight is 246 g/mol. The van der Waals surface area contributed by atoms with Gasteiger partial charge < -0.3 is 0 Å². The predicted octanol–water partition coefficient (Wildman–Crippen LogP) is 0.844. The van der Waals surface area contributed by atoms with Gasteiger partial charge in [-0.2, -0.15) is 0 Å². The van der Waals surface area contributed by atoms with E-state index >= 15 is 0 Å². The van der Waals surface area contributed by atoms with Crippen LogP contribution in [0.15, 0.2) is 0 Å². The third kappa shape index (κ3) is 1.87. The van der Waals surface area contributed by atoms with Crippen molar-refractivity contribution in [3.8, 4) is 0 Å². The van der Waals surface area contributed by atoms with Crippen LogP contribution in [0.4, 0.5) is 0 Å². The SMILES string of the molecule is O=[Se]1(=O)CC[Se]CC1. The van der Waals surface area contributed by atoms with Gasteiger partial charge in [-0.05, 0) is 0 Å². The number of hydrogen-bond donors (Lipinski definition) is 0. The van der Waals surface area contributed by atoms with Gasteiger partial charge in [0.15, 0.2) is 0 Å². The topological polar surface area (TPSA) is 34.1 Å². The zero-order chi connectivity index (χ0) is 6.04. The quantitative estimate of drug-likeness (QED) is 0.593. The number of rotatable bonds is 0. The molecule has 0 aromatic carbocycles. The maximum atomic E-state index is 10.7. The van der Waals surface area contributed by atoms with Crippen molar-refractivity contribution in [3.05, 3.63) is 0 Å². The first-order valence-corrected chi connectivity index (χ1v) is 8.73. The molecule has 48 valence electrons. The summed E-state index contributed by atoms with van der Waals surface area (Å²) in [5.41, 5.74) is 0. The molecule has 1 aliphatic heterocycles. The normalized spacial score (nSPS) is 27.5. The van der Waals surface area contributed by atoms with Crippen molar-refractivity contribution < 1.29 is 7.67 Å². The van der Waals surface area contributed by atoms with Gasteiger partial charge in [0, 0.05) is 0 Å². The first-order valence-electron chi connectivity index (χ1n) is 2.49. The van der Waals surface area contributed by atoms with Crippen LogP contribution in [-0.4, -0.2) is 27.7 Å². The van der Waals surface area contributed by atoms with E-state index in [9.17, 15) is 7.67 Å². The summed E-state index contributed by atoms with van der Waals surface area (Å²) in [5, 5.41) is 2.99. The standard InChI is InChI=1S/C4H8O2Se2/c5-8(6)3-1-7-2-4-8/h1-4H2. The molecule has 4 heteroatoms. The second-order valence-electron chi connectivity index (χ2n) is 1.76. The first-order chi connectivity index (χ1) is 3.71. The van der Waals surface area contributed by atoms with E-state index in [4.69, 9.17) is 0 Å². The predicted molar refractivity (Wildman–Crippen MR) is 32.1 cm³/mol. The fourth-order valence-corrected chi connectivity index (χ4v) is 11.1. The van der Waals surface area contributed by atoms with E-state index in [0.29, 0.717) is 25.6 Å². The molecule has 0 saturated carbocycles. The monoisotopic (exact) mass is 248 g/mol. The molecule has 1 heterocycles. The summed E-state index contributed by atoms with van der Waals surface area (Å²) in [6, 6.07) is 0. The summed E-state index contributed by atoms with van der Waals surface area (Å²) in [5.74, 6) is 0. The van der Waals surface area contributed by atoms with E-state index in [-0.39, 0.29) is 0 Å². The summed E-state index contributed by atoms with van der Waals surface area (Å²) >= 11 is -2.59. The Labute approximate surface area is 56.8 Å². The second-order valence-corrected chi connectivity index (χ2v) is 9.17. The van der Waals surface area contributed by atoms with Crippen molar-refractivity contribution in [2.75, 3.05) is 0 Å². The van der Waals surface area contributed by atoms with E-state index in [1.54, 1.807) is 0 Å². The van der Waals surface area contributed by atoms with Gasteiger partial charge in [0.05, 0.1) is 0 Å². The molecule has 0 aromatic rings. The average Bonchev–Trinajstić information content (AvgIpc) is 1.65. The van der Waals surface area contributed by atoms with Crippen LogP contribution < -0.4 is 0 Å². The Kier molecular flexibility index (Phi) is 2.10. The van der Waals surface area contributed by atoms with Gasteiger partial charge in [0.2, 0.25) is 0 Å². The van der Waals surface area contributed by atoms with Gasteiger partial charge in [-0.15, -0.1) is 0 Å². The molecule has 0 N–H and O–H groups in total. The van der Waals surface area contributed by atoms with E-state index in [0.717, 1.165) is 10.6 Å². The molecule has 1 rings (SSSR count). The summed E-state index contributed by atoms with van der Waals surface area (Å²) in [7, 11) is 0. The van der Waals surface area contributed by atoms with Crippen molar-refractivity contribution in [3.63, 3.8) is 0 Å². The summed E-state index contributed by atoms with van der Waals surface area (Å²) in [6.07, 6.45) is 0. The Morgan fingerprint density at radius 2 is 1.62 bits per heavy atom. The fraction of sp³-hybridized carbons (Fsp3) is 1.00. The van der Waals surface area contributed by atoms with Crippen molar-refractivity contribution >= 4 is 27.7 Å². The first kappa shape index (κ1) is 6.75. The Morgan fingerprint density at radius 1 is 1.12 bits per heavy atom. The van der Waals surface area contributed by atoms with Crippen molar-refractivity contribution in [1.82, 2.24) is 0 Å². The zero-order valence-electron chi connectivity index (χ0n) is 4.46. The third-order valence-corrected chi connectivity index (χ3v) is 9.23. The van der Waals surface area contributed by atoms with Crippen molar-refractivity contribution in [1.29, 1.82) is 0 Å². The van der Waals surface area contributed by atoms with Crippen LogP contribution >= 0.6 is 0 Å². The molecular weight excluding hydrogens is 238 g/mol. The molecule has 1 aliphatic rings. The van der Waals surface area contributed by atoms with Gasteiger partial charge in [-0.3, -0.25) is 0 Å². The van der Waals surface area contributed by atoms with Crippen molar-refractivity contribution in [2.24, 2.45) is 0 Å². The Morgan fingerprint density at radius 3 is 1.88 bits per heavy atom. The van der Waals surface area contributed by atoms with Crippen molar-refractivity contribution in [2.45, 2.75) is 21.3 Å². The van der Waals surface area contributed by atoms with Crippen LogP contribution in [0.2, 0.25) is 21.3 Å². The summed E-state index contributed by atoms with van der Waals surface area (Å²) < 4.78 is 21.5. The third-order valence-electron chi connectivity index (χ3n) is 1.08. The molecule has 2 nitrogen and oxygen atoms in total. The molecule has 1 saturated heterocycles. The van der Waals surface area contributed by atoms with Gasteiger partial charge in [0.1, 0.15) is 0 Å². The molecule has 0 unspecified atom stereocenters. The van der Waals surface area contributed by atoms with Gasteiger partial charge in [-0.25, -0.2) is 0 Å². The van der Waals surface area contributed by atoms with Crippen LogP contribution in [0.5, 0.6) is 0 Å². The van der Waals surface area contributed by atoms with Crippen LogP contribution in [0.25, 0.3) is 0 Å². The minimum absolute atomic E-state index is 0.524. The molecule has 0 amide bonds. The molecule has 0 aromatic heterocycles. The number of hydrogen-bond acceptors (Lipinski definition) is 2. The van der Waals surface area contributed by atoms with E-state index in [2.05, 4.69) is 0 Å². The summed E-state index contributed by atoms with van der Waals surface area (Å²) in [4.78, 5) is 0. The van der Waals surface area contributed by atoms with Crippen LogP contribution in [0.3, 0.4) is 0 Å². The molecule has 0 atom stereocenters. The maximum absolute atomic E-state index is 10.7. The minimum atomic E-state index is -3.23. The fourth-order valence-electron chi connectivity index (χ4n) is 0.576. The van der Waals surface area contributed by atoms with Gasteiger partial charge in [0.25, 0.3) is 0 Å². The molecule has 1 fully saturated rings. The molecule has 0 radical (unpaired) electrons. The van der Waals surface area contributed by atoms with E-state index in [1.165, 1.54) is 0 Å². The molecule has 0 spiro atoms. The van der Waals surface area contributed by atoms with Gasteiger partial charge >= 0.3 is 56.6 Å². The molecule has 0 bridgehead atoms. The molecule has 8 heavy (non-hydrogen) atoms. The van der Waals surface area contributed by atoms with E-state index in [1.807, 2.05) is 0 Å². The van der Waals surface area contributed by atoms with Crippen LogP contribution in [0, 0.1) is 0 Å². The Balaban J connectivity index is 2.58. The van der Waals surface area contributed by atoms with Gasteiger partial charge in [-0.1, -0.05) is 0 Å².